The second-order valence-electron chi connectivity index (χ2n) is 8.77. The van der Waals surface area contributed by atoms with E-state index in [0.717, 1.165) is 29.0 Å². The Kier molecular flexibility index (Phi) is 8.44. The standard InChI is InChI=1S/C27H40N2/c1-13-24-17-18(3)15-16-25(24)20(5)19(4)21(6)26(22(7)28-14-2)23(8)29(12)27(9,10)11/h14-17H,6,8,13H2,1-5,7,9-12H3/b20-19+,26-22-,28-14-. The van der Waals surface area contributed by atoms with Gasteiger partial charge in [-0.3, -0.25) is 4.99 Å². The molecule has 0 spiro atoms. The minimum Gasteiger partial charge on any atom is -0.370 e. The van der Waals surface area contributed by atoms with Crippen molar-refractivity contribution in [2.75, 3.05) is 7.05 Å². The zero-order valence-corrected chi connectivity index (χ0v) is 20.3. The molecular formula is C27H40N2. The maximum absolute atomic E-state index is 4.58. The first-order chi connectivity index (χ1) is 13.4. The van der Waals surface area contributed by atoms with Gasteiger partial charge in [0.25, 0.3) is 0 Å². The van der Waals surface area contributed by atoms with Crippen molar-refractivity contribution in [3.8, 4) is 0 Å². The smallest absolute Gasteiger partial charge is 0.0467 e. The van der Waals surface area contributed by atoms with Crippen LogP contribution < -0.4 is 0 Å². The average Bonchev–Trinajstić information content (AvgIpc) is 2.65. The molecule has 0 amide bonds. The Labute approximate surface area is 179 Å². The molecule has 0 aliphatic carbocycles. The van der Waals surface area contributed by atoms with Crippen molar-refractivity contribution in [3.05, 3.63) is 76.2 Å². The minimum atomic E-state index is -0.0438. The molecule has 0 fully saturated rings. The Morgan fingerprint density at radius 2 is 1.72 bits per heavy atom. The van der Waals surface area contributed by atoms with E-state index in [4.69, 9.17) is 0 Å². The van der Waals surface area contributed by atoms with Crippen LogP contribution >= 0.6 is 0 Å². The molecule has 0 unspecified atom stereocenters. The predicted molar refractivity (Wildman–Crippen MR) is 131 cm³/mol. The fourth-order valence-electron chi connectivity index (χ4n) is 3.43. The zero-order valence-electron chi connectivity index (χ0n) is 20.3. The normalized spacial score (nSPS) is 13.9. The third kappa shape index (κ3) is 5.82. The van der Waals surface area contributed by atoms with Crippen molar-refractivity contribution >= 4 is 11.8 Å². The van der Waals surface area contributed by atoms with Gasteiger partial charge in [0.1, 0.15) is 0 Å². The summed E-state index contributed by atoms with van der Waals surface area (Å²) in [6.45, 7) is 28.1. The summed E-state index contributed by atoms with van der Waals surface area (Å²) in [6, 6.07) is 6.70. The van der Waals surface area contributed by atoms with Crippen LogP contribution in [0.3, 0.4) is 0 Å². The van der Waals surface area contributed by atoms with E-state index in [-0.39, 0.29) is 5.54 Å². The van der Waals surface area contributed by atoms with Crippen molar-refractivity contribution in [1.29, 1.82) is 0 Å². The Hall–Kier alpha value is -2.35. The summed E-state index contributed by atoms with van der Waals surface area (Å²) in [5.41, 5.74) is 10.2. The fourth-order valence-corrected chi connectivity index (χ4v) is 3.43. The van der Waals surface area contributed by atoms with Gasteiger partial charge in [0, 0.05) is 35.8 Å². The van der Waals surface area contributed by atoms with E-state index in [1.54, 1.807) is 0 Å². The summed E-state index contributed by atoms with van der Waals surface area (Å²) < 4.78 is 0. The Morgan fingerprint density at radius 1 is 1.14 bits per heavy atom. The van der Waals surface area contributed by atoms with E-state index in [0.29, 0.717) is 0 Å². The van der Waals surface area contributed by atoms with Gasteiger partial charge in [0.2, 0.25) is 0 Å². The number of benzene rings is 1. The third-order valence-electron chi connectivity index (χ3n) is 5.75. The monoisotopic (exact) mass is 392 g/mol. The summed E-state index contributed by atoms with van der Waals surface area (Å²) in [4.78, 5) is 6.78. The number of hydrogen-bond acceptors (Lipinski definition) is 2. The van der Waals surface area contributed by atoms with E-state index < -0.39 is 0 Å². The largest absolute Gasteiger partial charge is 0.370 e. The second-order valence-corrected chi connectivity index (χ2v) is 8.77. The fraction of sp³-hybridized carbons (Fsp3) is 0.444. The highest BCUT2D eigenvalue weighted by molar-refractivity contribution is 5.76. The molecule has 0 atom stereocenters. The number of likely N-dealkylation sites (N-methyl/N-ethyl adjacent to an activating group) is 1. The lowest BCUT2D eigenvalue weighted by Crippen LogP contribution is -2.37. The summed E-state index contributed by atoms with van der Waals surface area (Å²) in [5.74, 6) is 0. The molecule has 2 nitrogen and oxygen atoms in total. The van der Waals surface area contributed by atoms with Gasteiger partial charge in [-0.2, -0.15) is 0 Å². The molecule has 0 aliphatic rings. The molecule has 1 aromatic carbocycles. The van der Waals surface area contributed by atoms with Gasteiger partial charge in [-0.05, 0) is 89.7 Å². The molecule has 0 bridgehead atoms. The molecule has 158 valence electrons. The van der Waals surface area contributed by atoms with Crippen molar-refractivity contribution < 1.29 is 0 Å². The third-order valence-corrected chi connectivity index (χ3v) is 5.75. The molecule has 1 aromatic rings. The molecule has 1 rings (SSSR count). The van der Waals surface area contributed by atoms with Crippen LogP contribution in [0.25, 0.3) is 5.57 Å². The first kappa shape index (κ1) is 24.7. The lowest BCUT2D eigenvalue weighted by atomic mass is 9.88. The first-order valence-corrected chi connectivity index (χ1v) is 10.5. The molecule has 2 heteroatoms. The van der Waals surface area contributed by atoms with E-state index in [1.807, 2.05) is 20.1 Å². The van der Waals surface area contributed by atoms with Crippen LogP contribution in [0.4, 0.5) is 0 Å². The summed E-state index contributed by atoms with van der Waals surface area (Å²) in [6.07, 6.45) is 2.84. The quantitative estimate of drug-likeness (QED) is 0.346. The molecule has 0 heterocycles. The summed E-state index contributed by atoms with van der Waals surface area (Å²) in [5, 5.41) is 0. The molecule has 29 heavy (non-hydrogen) atoms. The minimum absolute atomic E-state index is 0.0438. The van der Waals surface area contributed by atoms with Gasteiger partial charge >= 0.3 is 0 Å². The number of aryl methyl sites for hydroxylation is 2. The molecule has 0 radical (unpaired) electrons. The lowest BCUT2D eigenvalue weighted by molar-refractivity contribution is 0.233. The van der Waals surface area contributed by atoms with Gasteiger partial charge in [-0.15, -0.1) is 0 Å². The van der Waals surface area contributed by atoms with Gasteiger partial charge in [-0.25, -0.2) is 0 Å². The Balaban J connectivity index is 3.60. The number of nitrogens with zero attached hydrogens (tertiary/aromatic N) is 2. The average molecular weight is 393 g/mol. The zero-order chi connectivity index (χ0) is 22.5. The predicted octanol–water partition coefficient (Wildman–Crippen LogP) is 7.52. The van der Waals surface area contributed by atoms with Crippen molar-refractivity contribution in [2.45, 2.75) is 74.3 Å². The maximum Gasteiger partial charge on any atom is 0.0467 e. The van der Waals surface area contributed by atoms with Crippen LogP contribution in [-0.2, 0) is 6.42 Å². The Morgan fingerprint density at radius 3 is 2.21 bits per heavy atom. The van der Waals surface area contributed by atoms with Crippen LogP contribution in [0.2, 0.25) is 0 Å². The maximum atomic E-state index is 4.58. The number of rotatable bonds is 7. The molecule has 0 saturated heterocycles. The highest BCUT2D eigenvalue weighted by Crippen LogP contribution is 2.35. The molecule has 0 saturated carbocycles. The van der Waals surface area contributed by atoms with Crippen molar-refractivity contribution in [2.24, 2.45) is 4.99 Å². The number of allylic oxidation sites excluding steroid dienone is 4. The van der Waals surface area contributed by atoms with E-state index in [9.17, 15) is 0 Å². The summed E-state index contributed by atoms with van der Waals surface area (Å²) >= 11 is 0. The van der Waals surface area contributed by atoms with Gasteiger partial charge < -0.3 is 4.90 Å². The van der Waals surface area contributed by atoms with Gasteiger partial charge in [0.15, 0.2) is 0 Å². The van der Waals surface area contributed by atoms with E-state index >= 15 is 0 Å². The van der Waals surface area contributed by atoms with Crippen molar-refractivity contribution in [3.63, 3.8) is 0 Å². The van der Waals surface area contributed by atoms with Crippen LogP contribution in [-0.4, -0.2) is 23.7 Å². The van der Waals surface area contributed by atoms with Crippen LogP contribution in [0.5, 0.6) is 0 Å². The topological polar surface area (TPSA) is 15.6 Å². The van der Waals surface area contributed by atoms with Crippen molar-refractivity contribution in [1.82, 2.24) is 4.90 Å². The van der Waals surface area contributed by atoms with Crippen LogP contribution in [0.15, 0.2) is 64.5 Å². The molecule has 0 aliphatic heterocycles. The van der Waals surface area contributed by atoms with Crippen LogP contribution in [0, 0.1) is 6.92 Å². The SMILES string of the molecule is C=C(/C(C(=C)N(C)C(C)(C)C)=C(C)/N=C\C)/C(C)=C(\C)c1ccc(C)cc1CC. The molecular weight excluding hydrogens is 352 g/mol. The highest BCUT2D eigenvalue weighted by atomic mass is 15.2. The lowest BCUT2D eigenvalue weighted by Gasteiger charge is -2.37. The second kappa shape index (κ2) is 9.91. The Bertz CT molecular complexity index is 870. The highest BCUT2D eigenvalue weighted by Gasteiger charge is 2.24. The summed E-state index contributed by atoms with van der Waals surface area (Å²) in [7, 11) is 2.08. The number of aliphatic imine (C=N–C) groups is 1. The van der Waals surface area contributed by atoms with Gasteiger partial charge in [-0.1, -0.05) is 43.8 Å². The number of hydrogen-bond donors (Lipinski definition) is 0. The van der Waals surface area contributed by atoms with Gasteiger partial charge in [0.05, 0.1) is 0 Å². The van der Waals surface area contributed by atoms with Crippen LogP contribution in [0.1, 0.15) is 72.1 Å². The molecule has 0 aromatic heterocycles. The first-order valence-electron chi connectivity index (χ1n) is 10.5. The van der Waals surface area contributed by atoms with E-state index in [1.165, 1.54) is 27.8 Å². The molecule has 0 N–H and O–H groups in total. The van der Waals surface area contributed by atoms with E-state index in [2.05, 4.69) is 96.8 Å².